The second kappa shape index (κ2) is 9.79. The van der Waals surface area contributed by atoms with Crippen LogP contribution in [0.25, 0.3) is 0 Å². The van der Waals surface area contributed by atoms with Crippen molar-refractivity contribution < 1.29 is 4.79 Å². The van der Waals surface area contributed by atoms with E-state index in [4.69, 9.17) is 23.2 Å². The number of rotatable bonds is 7. The lowest BCUT2D eigenvalue weighted by molar-refractivity contribution is -0.116. The number of ketones is 1. The predicted molar refractivity (Wildman–Crippen MR) is 135 cm³/mol. The van der Waals surface area contributed by atoms with Crippen LogP contribution in [-0.2, 0) is 11.2 Å². The SMILES string of the molecule is O=C(Cc1c(Cl)cccc1Cl)C[P+](c1ccccc1)(c1ccccc1)c1ccccc1. The van der Waals surface area contributed by atoms with E-state index in [-0.39, 0.29) is 12.2 Å². The van der Waals surface area contributed by atoms with Crippen molar-refractivity contribution in [1.82, 2.24) is 0 Å². The Hall–Kier alpha value is -2.44. The molecule has 0 bridgehead atoms. The van der Waals surface area contributed by atoms with E-state index in [0.717, 1.165) is 0 Å². The van der Waals surface area contributed by atoms with Gasteiger partial charge in [0.05, 0.1) is 0 Å². The van der Waals surface area contributed by atoms with Gasteiger partial charge in [-0.05, 0) is 54.1 Å². The molecule has 0 atom stereocenters. The molecule has 0 radical (unpaired) electrons. The maximum Gasteiger partial charge on any atom is 0.175 e. The van der Waals surface area contributed by atoms with Gasteiger partial charge in [0, 0.05) is 16.5 Å². The van der Waals surface area contributed by atoms with Gasteiger partial charge < -0.3 is 0 Å². The predicted octanol–water partition coefficient (Wildman–Crippen LogP) is 6.10. The minimum atomic E-state index is -2.21. The third kappa shape index (κ3) is 4.60. The zero-order chi connectivity index (χ0) is 21.7. The van der Waals surface area contributed by atoms with E-state index in [2.05, 4.69) is 36.4 Å². The molecule has 0 unspecified atom stereocenters. The number of halogens is 2. The fraction of sp³-hybridized carbons (Fsp3) is 0.0741. The van der Waals surface area contributed by atoms with E-state index in [1.54, 1.807) is 18.2 Å². The van der Waals surface area contributed by atoms with Gasteiger partial charge in [0.15, 0.2) is 5.78 Å². The summed E-state index contributed by atoms with van der Waals surface area (Å²) in [4.78, 5) is 13.6. The van der Waals surface area contributed by atoms with Gasteiger partial charge in [0.2, 0.25) is 0 Å². The molecule has 0 saturated heterocycles. The maximum atomic E-state index is 13.6. The van der Waals surface area contributed by atoms with Crippen LogP contribution in [-0.4, -0.2) is 11.9 Å². The average molecular weight is 464 g/mol. The van der Waals surface area contributed by atoms with E-state index in [0.29, 0.717) is 21.8 Å². The lowest BCUT2D eigenvalue weighted by atomic mass is 10.1. The molecule has 0 aliphatic heterocycles. The molecule has 31 heavy (non-hydrogen) atoms. The molecule has 0 heterocycles. The van der Waals surface area contributed by atoms with Crippen molar-refractivity contribution >= 4 is 52.2 Å². The van der Waals surface area contributed by atoms with Crippen LogP contribution in [0, 0.1) is 0 Å². The van der Waals surface area contributed by atoms with Gasteiger partial charge in [0.1, 0.15) is 29.3 Å². The van der Waals surface area contributed by atoms with Gasteiger partial charge in [-0.2, -0.15) is 0 Å². The summed E-state index contributed by atoms with van der Waals surface area (Å²) in [5, 5.41) is 4.62. The molecular weight excluding hydrogens is 442 g/mol. The Balaban J connectivity index is 1.85. The van der Waals surface area contributed by atoms with Crippen molar-refractivity contribution in [1.29, 1.82) is 0 Å². The summed E-state index contributed by atoms with van der Waals surface area (Å²) < 4.78 is 0. The zero-order valence-corrected chi connectivity index (χ0v) is 19.3. The van der Waals surface area contributed by atoms with Crippen molar-refractivity contribution in [3.8, 4) is 0 Å². The van der Waals surface area contributed by atoms with Crippen molar-refractivity contribution in [3.63, 3.8) is 0 Å². The third-order valence-electron chi connectivity index (χ3n) is 5.44. The first-order valence-electron chi connectivity index (χ1n) is 10.1. The molecule has 0 fully saturated rings. The van der Waals surface area contributed by atoms with E-state index in [1.807, 2.05) is 54.6 Å². The minimum Gasteiger partial charge on any atom is -0.295 e. The van der Waals surface area contributed by atoms with Gasteiger partial charge in [-0.3, -0.25) is 4.79 Å². The zero-order valence-electron chi connectivity index (χ0n) is 16.9. The van der Waals surface area contributed by atoms with Gasteiger partial charge in [-0.25, -0.2) is 0 Å². The van der Waals surface area contributed by atoms with Crippen LogP contribution in [0.4, 0.5) is 0 Å². The number of Topliss-reactive ketones (excluding diaryl/α,β-unsaturated/α-hetero) is 1. The lowest BCUT2D eigenvalue weighted by Crippen LogP contribution is -2.36. The van der Waals surface area contributed by atoms with E-state index < -0.39 is 7.26 Å². The number of hydrogen-bond donors (Lipinski definition) is 0. The Morgan fingerprint density at radius 3 is 1.35 bits per heavy atom. The van der Waals surface area contributed by atoms with Crippen LogP contribution in [0.15, 0.2) is 109 Å². The Labute approximate surface area is 194 Å². The molecule has 4 aromatic carbocycles. The number of carbonyl (C=O) groups is 1. The molecule has 4 heteroatoms. The molecule has 0 N–H and O–H groups in total. The second-order valence-electron chi connectivity index (χ2n) is 7.39. The van der Waals surface area contributed by atoms with Crippen LogP contribution in [0.2, 0.25) is 10.0 Å². The Bertz CT molecular complexity index is 1040. The molecule has 154 valence electrons. The largest absolute Gasteiger partial charge is 0.295 e. The molecule has 4 rings (SSSR count). The number of benzene rings is 4. The minimum absolute atomic E-state index is 0.125. The van der Waals surface area contributed by atoms with Crippen LogP contribution >= 0.6 is 30.5 Å². The molecule has 0 aliphatic rings. The first kappa shape index (κ1) is 21.8. The van der Waals surface area contributed by atoms with Gasteiger partial charge in [-0.1, -0.05) is 83.9 Å². The summed E-state index contributed by atoms with van der Waals surface area (Å²) in [6.45, 7) is 0. The van der Waals surface area contributed by atoms with E-state index in [1.165, 1.54) is 15.9 Å². The lowest BCUT2D eigenvalue weighted by Gasteiger charge is -2.27. The quantitative estimate of drug-likeness (QED) is 0.302. The standard InChI is InChI=1S/C27H22Cl2OP/c28-26-17-10-18-27(29)25(26)19-21(30)20-31(22-11-4-1-5-12-22,23-13-6-2-7-14-23)24-15-8-3-9-16-24/h1-18H,19-20H2/q+1. The van der Waals surface area contributed by atoms with Crippen molar-refractivity contribution in [3.05, 3.63) is 125 Å². The molecule has 1 nitrogen and oxygen atoms in total. The highest BCUT2D eigenvalue weighted by Crippen LogP contribution is 2.55. The summed E-state index contributed by atoms with van der Waals surface area (Å²) in [5.41, 5.74) is 0.697. The first-order valence-corrected chi connectivity index (χ1v) is 12.8. The average Bonchev–Trinajstić information content (AvgIpc) is 2.82. The smallest absolute Gasteiger partial charge is 0.175 e. The summed E-state index contributed by atoms with van der Waals surface area (Å²) in [5.74, 6) is 0.125. The highest BCUT2D eigenvalue weighted by molar-refractivity contribution is 7.96. The monoisotopic (exact) mass is 463 g/mol. The fourth-order valence-corrected chi connectivity index (χ4v) is 8.64. The summed E-state index contributed by atoms with van der Waals surface area (Å²) in [6, 6.07) is 36.5. The molecule has 0 aliphatic carbocycles. The second-order valence-corrected chi connectivity index (χ2v) is 11.7. The Morgan fingerprint density at radius 1 is 0.581 bits per heavy atom. The Kier molecular flexibility index (Phi) is 6.88. The normalized spacial score (nSPS) is 11.3. The molecule has 0 aromatic heterocycles. The van der Waals surface area contributed by atoms with Gasteiger partial charge in [0.25, 0.3) is 0 Å². The molecule has 4 aromatic rings. The maximum absolute atomic E-state index is 13.6. The highest BCUT2D eigenvalue weighted by Gasteiger charge is 2.47. The summed E-state index contributed by atoms with van der Waals surface area (Å²) in [6.07, 6.45) is 0.624. The molecule has 0 amide bonds. The van der Waals surface area contributed by atoms with Gasteiger partial charge >= 0.3 is 0 Å². The topological polar surface area (TPSA) is 17.1 Å². The van der Waals surface area contributed by atoms with Gasteiger partial charge in [-0.15, -0.1) is 0 Å². The number of carbonyl (C=O) groups excluding carboxylic acids is 1. The number of hydrogen-bond acceptors (Lipinski definition) is 1. The molecular formula is C27H22Cl2OP+. The van der Waals surface area contributed by atoms with Crippen LogP contribution in [0.3, 0.4) is 0 Å². The van der Waals surface area contributed by atoms with E-state index in [9.17, 15) is 4.79 Å². The van der Waals surface area contributed by atoms with Crippen LogP contribution in [0.5, 0.6) is 0 Å². The van der Waals surface area contributed by atoms with Crippen LogP contribution in [0.1, 0.15) is 5.56 Å². The van der Waals surface area contributed by atoms with Crippen LogP contribution < -0.4 is 15.9 Å². The van der Waals surface area contributed by atoms with E-state index >= 15 is 0 Å². The van der Waals surface area contributed by atoms with Crippen molar-refractivity contribution in [2.45, 2.75) is 6.42 Å². The summed E-state index contributed by atoms with van der Waals surface area (Å²) >= 11 is 12.7. The highest BCUT2D eigenvalue weighted by atomic mass is 35.5. The fourth-order valence-electron chi connectivity index (χ4n) is 3.99. The first-order chi connectivity index (χ1) is 15.1. The third-order valence-corrected chi connectivity index (χ3v) is 10.5. The summed E-state index contributed by atoms with van der Waals surface area (Å²) in [7, 11) is -2.21. The Morgan fingerprint density at radius 2 is 0.968 bits per heavy atom. The van der Waals surface area contributed by atoms with Crippen molar-refractivity contribution in [2.75, 3.05) is 6.16 Å². The molecule has 0 spiro atoms. The molecule has 0 saturated carbocycles. The van der Waals surface area contributed by atoms with Crippen molar-refractivity contribution in [2.24, 2.45) is 0 Å².